The van der Waals surface area contributed by atoms with E-state index in [1.54, 1.807) is 24.3 Å². The fraction of sp³-hybridized carbons (Fsp3) is 0.321. The van der Waals surface area contributed by atoms with Crippen molar-refractivity contribution >= 4 is 16.0 Å². The van der Waals surface area contributed by atoms with Crippen molar-refractivity contribution in [3.8, 4) is 17.2 Å². The molecule has 0 aromatic heterocycles. The van der Waals surface area contributed by atoms with Gasteiger partial charge in [0.05, 0.1) is 26.3 Å². The second-order valence-electron chi connectivity index (χ2n) is 9.39. The molecule has 3 aromatic rings. The van der Waals surface area contributed by atoms with Crippen LogP contribution in [0.5, 0.6) is 17.2 Å². The molecule has 39 heavy (non-hydrogen) atoms. The van der Waals surface area contributed by atoms with Gasteiger partial charge in [-0.3, -0.25) is 9.69 Å². The fourth-order valence-electron chi connectivity index (χ4n) is 5.29. The van der Waals surface area contributed by atoms with E-state index in [0.29, 0.717) is 30.0 Å². The average molecular weight is 552 g/mol. The van der Waals surface area contributed by atoms with E-state index in [9.17, 15) is 18.1 Å². The Morgan fingerprint density at radius 2 is 1.82 bits per heavy atom. The summed E-state index contributed by atoms with van der Waals surface area (Å²) in [7, 11) is -1.07. The molecule has 11 heteroatoms. The van der Waals surface area contributed by atoms with E-state index in [4.69, 9.17) is 13.7 Å². The van der Waals surface area contributed by atoms with E-state index in [0.717, 1.165) is 35.2 Å². The van der Waals surface area contributed by atoms with Gasteiger partial charge in [-0.1, -0.05) is 29.4 Å². The average Bonchev–Trinajstić information content (AvgIpc) is 2.96. The minimum absolute atomic E-state index is 0.0138. The highest BCUT2D eigenvalue weighted by Crippen LogP contribution is 2.45. The van der Waals surface area contributed by atoms with Gasteiger partial charge in [0.1, 0.15) is 10.6 Å². The highest BCUT2D eigenvalue weighted by atomic mass is 32.2. The van der Waals surface area contributed by atoms with Gasteiger partial charge in [0.2, 0.25) is 0 Å². The maximum atomic E-state index is 13.1. The van der Waals surface area contributed by atoms with Crippen molar-refractivity contribution in [2.75, 3.05) is 33.9 Å². The van der Waals surface area contributed by atoms with Crippen molar-refractivity contribution in [2.24, 2.45) is 5.18 Å². The predicted molar refractivity (Wildman–Crippen MR) is 144 cm³/mol. The zero-order valence-corrected chi connectivity index (χ0v) is 22.5. The van der Waals surface area contributed by atoms with Gasteiger partial charge in [0, 0.05) is 31.2 Å². The molecule has 0 saturated carbocycles. The molecule has 0 saturated heterocycles. The van der Waals surface area contributed by atoms with Gasteiger partial charge in [-0.2, -0.15) is 13.3 Å². The molecular formula is C28H29N3O7S. The van der Waals surface area contributed by atoms with Crippen LogP contribution in [-0.4, -0.2) is 53.1 Å². The summed E-state index contributed by atoms with van der Waals surface area (Å²) in [6, 6.07) is 15.4. The zero-order chi connectivity index (χ0) is 27.6. The summed E-state index contributed by atoms with van der Waals surface area (Å²) < 4.78 is 42.9. The summed E-state index contributed by atoms with van der Waals surface area (Å²) in [6.45, 7) is 1.32. The van der Waals surface area contributed by atoms with Gasteiger partial charge in [0.25, 0.3) is 5.91 Å². The Bertz CT molecular complexity index is 1510. The molecule has 3 aromatic carbocycles. The molecule has 1 amide bonds. The molecule has 10 nitrogen and oxygen atoms in total. The van der Waals surface area contributed by atoms with Crippen LogP contribution in [0.1, 0.15) is 38.7 Å². The summed E-state index contributed by atoms with van der Waals surface area (Å²) in [6.07, 6.45) is 1.33. The van der Waals surface area contributed by atoms with Crippen LogP contribution in [0.3, 0.4) is 0 Å². The third-order valence-corrected chi connectivity index (χ3v) is 8.44. The second kappa shape index (κ2) is 11.0. The Kier molecular flexibility index (Phi) is 7.53. The third kappa shape index (κ3) is 5.19. The predicted octanol–water partition coefficient (Wildman–Crippen LogP) is 3.62. The molecule has 0 fully saturated rings. The Labute approximate surface area is 227 Å². The van der Waals surface area contributed by atoms with Crippen LogP contribution in [0.4, 0.5) is 0 Å². The number of carbonyl (C=O) groups is 1. The topological polar surface area (TPSA) is 124 Å². The van der Waals surface area contributed by atoms with Gasteiger partial charge in [0.15, 0.2) is 11.5 Å². The maximum Gasteiger partial charge on any atom is 0.339 e. The highest BCUT2D eigenvalue weighted by molar-refractivity contribution is 7.87. The number of ether oxygens (including phenoxy) is 2. The summed E-state index contributed by atoms with van der Waals surface area (Å²) in [5, 5.41) is 5.50. The van der Waals surface area contributed by atoms with E-state index in [-0.39, 0.29) is 35.7 Å². The van der Waals surface area contributed by atoms with Crippen LogP contribution in [0.25, 0.3) is 0 Å². The minimum Gasteiger partial charge on any atom is -0.496 e. The molecule has 1 unspecified atom stereocenters. The number of rotatable bonds is 9. The highest BCUT2D eigenvalue weighted by Gasteiger charge is 2.36. The van der Waals surface area contributed by atoms with Gasteiger partial charge >= 0.3 is 10.1 Å². The molecule has 0 aliphatic carbocycles. The standard InChI is InChI=1S/C28H29N3O7S/c1-36-25-9-8-18-14-24-21-16-22(28(32)29-11-12-30-33)26(37-2)15-19(21)10-13-31(24)17-23(18)27(25)38-39(34,35)20-6-4-3-5-7-20/h3-9,15-16,24H,10-14,17H2,1-2H3,(H,29,32). The molecule has 204 valence electrons. The lowest BCUT2D eigenvalue weighted by Crippen LogP contribution is -2.40. The summed E-state index contributed by atoms with van der Waals surface area (Å²) in [5.41, 5.74) is 4.21. The number of carbonyl (C=O) groups excluding carboxylic acids is 1. The molecule has 2 aliphatic heterocycles. The van der Waals surface area contributed by atoms with Crippen molar-refractivity contribution < 1.29 is 26.9 Å². The molecule has 1 atom stereocenters. The first kappa shape index (κ1) is 26.6. The number of benzene rings is 3. The number of fused-ring (bicyclic) bond motifs is 4. The van der Waals surface area contributed by atoms with Crippen molar-refractivity contribution in [3.05, 3.63) is 87.3 Å². The Morgan fingerprint density at radius 1 is 1.05 bits per heavy atom. The van der Waals surface area contributed by atoms with Crippen LogP contribution < -0.4 is 19.0 Å². The first-order chi connectivity index (χ1) is 18.9. The monoisotopic (exact) mass is 551 g/mol. The van der Waals surface area contributed by atoms with Crippen LogP contribution >= 0.6 is 0 Å². The van der Waals surface area contributed by atoms with Gasteiger partial charge in [-0.15, -0.1) is 0 Å². The van der Waals surface area contributed by atoms with Gasteiger partial charge < -0.3 is 19.0 Å². The Hall–Kier alpha value is -3.96. The van der Waals surface area contributed by atoms with Crippen molar-refractivity contribution in [2.45, 2.75) is 30.3 Å². The minimum atomic E-state index is -4.07. The third-order valence-electron chi connectivity index (χ3n) is 7.20. The van der Waals surface area contributed by atoms with Gasteiger partial charge in [-0.25, -0.2) is 0 Å². The van der Waals surface area contributed by atoms with Crippen molar-refractivity contribution in [1.29, 1.82) is 0 Å². The van der Waals surface area contributed by atoms with E-state index < -0.39 is 10.1 Å². The Morgan fingerprint density at radius 3 is 2.54 bits per heavy atom. The molecule has 0 radical (unpaired) electrons. The number of amides is 1. The molecule has 2 aliphatic rings. The SMILES string of the molecule is COc1cc2c(cc1C(=O)NCCN=O)C1Cc3ccc(OC)c(OS(=O)(=O)c4ccccc4)c3CN1CC2. The van der Waals surface area contributed by atoms with Crippen LogP contribution in [0.2, 0.25) is 0 Å². The molecule has 0 spiro atoms. The quantitative estimate of drug-likeness (QED) is 0.243. The number of nitrogens with one attached hydrogen (secondary N) is 1. The smallest absolute Gasteiger partial charge is 0.339 e. The maximum absolute atomic E-state index is 13.1. The first-order valence-electron chi connectivity index (χ1n) is 12.6. The number of hydrogen-bond donors (Lipinski definition) is 1. The van der Waals surface area contributed by atoms with Crippen LogP contribution in [0, 0.1) is 4.91 Å². The van der Waals surface area contributed by atoms with E-state index >= 15 is 0 Å². The lowest BCUT2D eigenvalue weighted by molar-refractivity contribution is 0.0951. The molecule has 5 rings (SSSR count). The fourth-order valence-corrected chi connectivity index (χ4v) is 6.28. The summed E-state index contributed by atoms with van der Waals surface area (Å²) in [5.74, 6) is 0.680. The van der Waals surface area contributed by atoms with Crippen molar-refractivity contribution in [1.82, 2.24) is 10.2 Å². The summed E-state index contributed by atoms with van der Waals surface area (Å²) in [4.78, 5) is 25.6. The van der Waals surface area contributed by atoms with Gasteiger partial charge in [-0.05, 0) is 59.9 Å². The summed E-state index contributed by atoms with van der Waals surface area (Å²) >= 11 is 0. The molecule has 2 heterocycles. The zero-order valence-electron chi connectivity index (χ0n) is 21.7. The van der Waals surface area contributed by atoms with E-state index in [1.807, 2.05) is 18.2 Å². The molecular weight excluding hydrogens is 522 g/mol. The first-order valence-corrected chi connectivity index (χ1v) is 14.0. The second-order valence-corrected chi connectivity index (χ2v) is 10.9. The van der Waals surface area contributed by atoms with E-state index in [1.165, 1.54) is 26.4 Å². The van der Waals surface area contributed by atoms with Crippen LogP contribution in [-0.2, 0) is 29.5 Å². The normalized spacial score (nSPS) is 16.3. The Balaban J connectivity index is 1.50. The number of methoxy groups -OCH3 is 2. The van der Waals surface area contributed by atoms with Crippen molar-refractivity contribution in [3.63, 3.8) is 0 Å². The van der Waals surface area contributed by atoms with E-state index in [2.05, 4.69) is 15.4 Å². The number of nitroso groups, excluding NO2 is 1. The number of hydrogen-bond acceptors (Lipinski definition) is 9. The lowest BCUT2D eigenvalue weighted by Gasteiger charge is -2.42. The number of nitrogens with zero attached hydrogens (tertiary/aromatic N) is 2. The largest absolute Gasteiger partial charge is 0.496 e. The van der Waals surface area contributed by atoms with Crippen LogP contribution in [0.15, 0.2) is 64.7 Å². The molecule has 0 bridgehead atoms. The molecule has 1 N–H and O–H groups in total. The lowest BCUT2D eigenvalue weighted by atomic mass is 9.82.